The third-order valence-corrected chi connectivity index (χ3v) is 4.14. The first-order chi connectivity index (χ1) is 9.16. The monoisotopic (exact) mass is 263 g/mol. The third-order valence-electron chi connectivity index (χ3n) is 4.14. The van der Waals surface area contributed by atoms with Crippen LogP contribution in [0.5, 0.6) is 11.5 Å². The molecule has 2 aliphatic rings. The SMILES string of the molecule is COC(=O)[C@]12C[C@@H]1c1cc(OC)cc(OC)c1CN2. The van der Waals surface area contributed by atoms with E-state index in [9.17, 15) is 4.79 Å². The van der Waals surface area contributed by atoms with Crippen LogP contribution < -0.4 is 14.8 Å². The van der Waals surface area contributed by atoms with Gasteiger partial charge in [0.25, 0.3) is 0 Å². The quantitative estimate of drug-likeness (QED) is 0.831. The molecule has 5 heteroatoms. The summed E-state index contributed by atoms with van der Waals surface area (Å²) in [7, 11) is 4.70. The molecule has 1 aliphatic carbocycles. The largest absolute Gasteiger partial charge is 0.497 e. The maximum Gasteiger partial charge on any atom is 0.326 e. The van der Waals surface area contributed by atoms with Crippen molar-refractivity contribution >= 4 is 5.97 Å². The summed E-state index contributed by atoms with van der Waals surface area (Å²) < 4.78 is 15.6. The second-order valence-corrected chi connectivity index (χ2v) is 4.97. The number of methoxy groups -OCH3 is 3. The van der Waals surface area contributed by atoms with E-state index >= 15 is 0 Å². The van der Waals surface area contributed by atoms with Crippen molar-refractivity contribution in [3.05, 3.63) is 23.3 Å². The van der Waals surface area contributed by atoms with Crippen molar-refractivity contribution in [1.82, 2.24) is 5.32 Å². The molecule has 3 rings (SSSR count). The van der Waals surface area contributed by atoms with Crippen LogP contribution in [-0.2, 0) is 16.1 Å². The third kappa shape index (κ3) is 1.61. The Morgan fingerprint density at radius 1 is 1.32 bits per heavy atom. The maximum absolute atomic E-state index is 11.9. The lowest BCUT2D eigenvalue weighted by Crippen LogP contribution is -2.43. The van der Waals surface area contributed by atoms with E-state index in [1.807, 2.05) is 12.1 Å². The predicted octanol–water partition coefficient (Wildman–Crippen LogP) is 1.21. The van der Waals surface area contributed by atoms with Crippen molar-refractivity contribution in [2.75, 3.05) is 21.3 Å². The van der Waals surface area contributed by atoms with E-state index in [0.717, 1.165) is 29.0 Å². The van der Waals surface area contributed by atoms with Gasteiger partial charge in [-0.3, -0.25) is 10.1 Å². The molecule has 0 saturated heterocycles. The number of fused-ring (bicyclic) bond motifs is 3. The van der Waals surface area contributed by atoms with E-state index in [-0.39, 0.29) is 11.9 Å². The van der Waals surface area contributed by atoms with Gasteiger partial charge in [0.1, 0.15) is 17.0 Å². The van der Waals surface area contributed by atoms with Crippen LogP contribution in [0.25, 0.3) is 0 Å². The molecule has 0 amide bonds. The smallest absolute Gasteiger partial charge is 0.326 e. The fourth-order valence-corrected chi connectivity index (χ4v) is 3.00. The first-order valence-electron chi connectivity index (χ1n) is 6.24. The summed E-state index contributed by atoms with van der Waals surface area (Å²) in [5.41, 5.74) is 1.68. The van der Waals surface area contributed by atoms with Crippen molar-refractivity contribution in [3.63, 3.8) is 0 Å². The van der Waals surface area contributed by atoms with Crippen molar-refractivity contribution in [3.8, 4) is 11.5 Å². The van der Waals surface area contributed by atoms with Crippen LogP contribution in [-0.4, -0.2) is 32.8 Å². The highest BCUT2D eigenvalue weighted by atomic mass is 16.5. The summed E-state index contributed by atoms with van der Waals surface area (Å²) in [5, 5.41) is 3.29. The van der Waals surface area contributed by atoms with E-state index in [1.165, 1.54) is 7.11 Å². The summed E-state index contributed by atoms with van der Waals surface area (Å²) in [6, 6.07) is 3.86. The highest BCUT2D eigenvalue weighted by Crippen LogP contribution is 2.57. The molecule has 0 spiro atoms. The van der Waals surface area contributed by atoms with Crippen LogP contribution in [0.3, 0.4) is 0 Å². The minimum atomic E-state index is -0.543. The average molecular weight is 263 g/mol. The molecule has 102 valence electrons. The molecule has 0 bridgehead atoms. The van der Waals surface area contributed by atoms with Gasteiger partial charge in [0, 0.05) is 24.1 Å². The molecule has 2 atom stereocenters. The van der Waals surface area contributed by atoms with Crippen LogP contribution in [0.4, 0.5) is 0 Å². The van der Waals surface area contributed by atoms with Gasteiger partial charge in [-0.2, -0.15) is 0 Å². The van der Waals surface area contributed by atoms with E-state index in [2.05, 4.69) is 5.32 Å². The molecule has 1 aromatic rings. The molecule has 0 radical (unpaired) electrons. The van der Waals surface area contributed by atoms with Gasteiger partial charge in [-0.15, -0.1) is 0 Å². The molecule has 1 heterocycles. The Balaban J connectivity index is 2.04. The highest BCUT2D eigenvalue weighted by molar-refractivity contribution is 5.88. The van der Waals surface area contributed by atoms with Crippen molar-refractivity contribution in [2.45, 2.75) is 24.4 Å². The second-order valence-electron chi connectivity index (χ2n) is 4.97. The predicted molar refractivity (Wildman–Crippen MR) is 68.5 cm³/mol. The zero-order valence-corrected chi connectivity index (χ0v) is 11.3. The molecule has 1 aliphatic heterocycles. The minimum absolute atomic E-state index is 0.146. The van der Waals surface area contributed by atoms with Crippen LogP contribution >= 0.6 is 0 Å². The topological polar surface area (TPSA) is 56.8 Å². The molecule has 0 unspecified atom stereocenters. The number of carbonyl (C=O) groups is 1. The van der Waals surface area contributed by atoms with Gasteiger partial charge in [-0.25, -0.2) is 0 Å². The summed E-state index contributed by atoms with van der Waals surface area (Å²) >= 11 is 0. The molecule has 1 N–H and O–H groups in total. The van der Waals surface area contributed by atoms with Crippen molar-refractivity contribution in [2.24, 2.45) is 0 Å². The number of rotatable bonds is 3. The molecule has 1 fully saturated rings. The maximum atomic E-state index is 11.9. The Hall–Kier alpha value is -1.75. The molecule has 5 nitrogen and oxygen atoms in total. The van der Waals surface area contributed by atoms with Crippen LogP contribution in [0, 0.1) is 0 Å². The van der Waals surface area contributed by atoms with Crippen LogP contribution in [0.2, 0.25) is 0 Å². The zero-order valence-electron chi connectivity index (χ0n) is 11.3. The average Bonchev–Trinajstić information content (AvgIpc) is 3.21. The Labute approximate surface area is 111 Å². The molecule has 1 saturated carbocycles. The number of ether oxygens (including phenoxy) is 3. The number of hydrogen-bond acceptors (Lipinski definition) is 5. The first kappa shape index (κ1) is 12.3. The number of nitrogens with one attached hydrogen (secondary N) is 1. The van der Waals surface area contributed by atoms with Crippen LogP contribution in [0.15, 0.2) is 12.1 Å². The second kappa shape index (κ2) is 4.13. The Kier molecular flexibility index (Phi) is 2.67. The van der Waals surface area contributed by atoms with Gasteiger partial charge in [0.05, 0.1) is 21.3 Å². The molecule has 1 aromatic carbocycles. The Bertz CT molecular complexity index is 542. The first-order valence-corrected chi connectivity index (χ1v) is 6.24. The summed E-state index contributed by atoms with van der Waals surface area (Å²) in [6.07, 6.45) is 0.767. The van der Waals surface area contributed by atoms with Crippen LogP contribution in [0.1, 0.15) is 23.5 Å². The summed E-state index contributed by atoms with van der Waals surface area (Å²) in [6.45, 7) is 0.605. The number of esters is 1. The molecule has 0 aromatic heterocycles. The number of benzene rings is 1. The van der Waals surface area contributed by atoms with Gasteiger partial charge >= 0.3 is 5.97 Å². The molecular weight excluding hydrogens is 246 g/mol. The number of hydrogen-bond donors (Lipinski definition) is 1. The van der Waals surface area contributed by atoms with Gasteiger partial charge in [0.2, 0.25) is 0 Å². The van der Waals surface area contributed by atoms with E-state index in [1.54, 1.807) is 14.2 Å². The lowest BCUT2D eigenvalue weighted by atomic mass is 9.94. The van der Waals surface area contributed by atoms with Crippen molar-refractivity contribution < 1.29 is 19.0 Å². The van der Waals surface area contributed by atoms with Gasteiger partial charge < -0.3 is 14.2 Å². The van der Waals surface area contributed by atoms with Gasteiger partial charge in [-0.05, 0) is 18.1 Å². The molecular formula is C14H17NO4. The van der Waals surface area contributed by atoms with E-state index in [0.29, 0.717) is 6.54 Å². The summed E-state index contributed by atoms with van der Waals surface area (Å²) in [4.78, 5) is 11.9. The normalized spacial score (nSPS) is 27.0. The zero-order chi connectivity index (χ0) is 13.6. The summed E-state index contributed by atoms with van der Waals surface area (Å²) in [5.74, 6) is 1.51. The minimum Gasteiger partial charge on any atom is -0.497 e. The fourth-order valence-electron chi connectivity index (χ4n) is 3.00. The number of carbonyl (C=O) groups excluding carboxylic acids is 1. The molecule has 19 heavy (non-hydrogen) atoms. The standard InChI is InChI=1S/C14H17NO4/c1-17-8-4-9-10(12(5-8)18-2)7-15-14(6-11(9)14)13(16)19-3/h4-5,11,15H,6-7H2,1-3H3/t11-,14+/m1/s1. The van der Waals surface area contributed by atoms with Gasteiger partial charge in [0.15, 0.2) is 0 Å². The lowest BCUT2D eigenvalue weighted by Gasteiger charge is -2.26. The fraction of sp³-hybridized carbons (Fsp3) is 0.500. The van der Waals surface area contributed by atoms with Gasteiger partial charge in [-0.1, -0.05) is 0 Å². The van der Waals surface area contributed by atoms with E-state index < -0.39 is 5.54 Å². The lowest BCUT2D eigenvalue weighted by molar-refractivity contribution is -0.144. The van der Waals surface area contributed by atoms with Crippen molar-refractivity contribution in [1.29, 1.82) is 0 Å². The van der Waals surface area contributed by atoms with E-state index in [4.69, 9.17) is 14.2 Å². The Morgan fingerprint density at radius 3 is 2.74 bits per heavy atom. The highest BCUT2D eigenvalue weighted by Gasteiger charge is 2.64. The Morgan fingerprint density at radius 2 is 2.11 bits per heavy atom.